The predicted octanol–water partition coefficient (Wildman–Crippen LogP) is 5.69. The number of aryl methyl sites for hydroxylation is 2. The van der Waals surface area contributed by atoms with Gasteiger partial charge in [-0.15, -0.1) is 0 Å². The van der Waals surface area contributed by atoms with E-state index in [-0.39, 0.29) is 0 Å². The standard InChI is InChI=1S/C28H31BrN6O3/c1-18-13-20(6-7-22(18)29)32-28-33-23-15-26(25(37-3)16-24(23)34(28)2)38-21-8-11-31-27(14-21)35(17-36)12-9-19-5-4-10-30-19/h6-8,11,13-17,19,30H,4-5,9-10,12H2,1-3H3,(H,32,33). The zero-order valence-corrected chi connectivity index (χ0v) is 23.3. The van der Waals surface area contributed by atoms with Crippen molar-refractivity contribution in [2.24, 2.45) is 7.05 Å². The van der Waals surface area contributed by atoms with E-state index in [2.05, 4.69) is 37.6 Å². The Morgan fingerprint density at radius 1 is 1.24 bits per heavy atom. The van der Waals surface area contributed by atoms with Crippen LogP contribution in [0.2, 0.25) is 0 Å². The van der Waals surface area contributed by atoms with Crippen LogP contribution in [0.3, 0.4) is 0 Å². The van der Waals surface area contributed by atoms with Gasteiger partial charge in [0, 0.05) is 54.2 Å². The number of pyridine rings is 1. The van der Waals surface area contributed by atoms with Crippen LogP contribution < -0.4 is 25.0 Å². The number of hydrogen-bond donors (Lipinski definition) is 2. The molecule has 1 amide bonds. The maximum absolute atomic E-state index is 11.8. The first-order chi connectivity index (χ1) is 18.4. The van der Waals surface area contributed by atoms with Crippen molar-refractivity contribution < 1.29 is 14.3 Å². The quantitative estimate of drug-likeness (QED) is 0.233. The van der Waals surface area contributed by atoms with Gasteiger partial charge in [0.15, 0.2) is 11.5 Å². The molecule has 1 saturated heterocycles. The van der Waals surface area contributed by atoms with Crippen LogP contribution in [-0.2, 0) is 11.8 Å². The molecular formula is C28H31BrN6O3. The number of aromatic nitrogens is 3. The second kappa shape index (κ2) is 11.4. The van der Waals surface area contributed by atoms with E-state index < -0.39 is 0 Å². The molecule has 3 heterocycles. The van der Waals surface area contributed by atoms with Crippen molar-refractivity contribution in [3.63, 3.8) is 0 Å². The zero-order valence-electron chi connectivity index (χ0n) is 21.7. The summed E-state index contributed by atoms with van der Waals surface area (Å²) in [4.78, 5) is 22.6. The zero-order chi connectivity index (χ0) is 26.6. The number of carbonyl (C=O) groups is 1. The third-order valence-corrected chi connectivity index (χ3v) is 7.72. The van der Waals surface area contributed by atoms with Crippen LogP contribution in [0, 0.1) is 6.92 Å². The molecule has 0 saturated carbocycles. The number of rotatable bonds is 10. The lowest BCUT2D eigenvalue weighted by atomic mass is 10.1. The van der Waals surface area contributed by atoms with Gasteiger partial charge in [-0.05, 0) is 62.6 Å². The van der Waals surface area contributed by atoms with Crippen LogP contribution in [0.1, 0.15) is 24.8 Å². The highest BCUT2D eigenvalue weighted by atomic mass is 79.9. The van der Waals surface area contributed by atoms with Crippen LogP contribution in [0.5, 0.6) is 17.2 Å². The van der Waals surface area contributed by atoms with E-state index >= 15 is 0 Å². The van der Waals surface area contributed by atoms with Crippen LogP contribution >= 0.6 is 15.9 Å². The third-order valence-electron chi connectivity index (χ3n) is 6.83. The smallest absolute Gasteiger partial charge is 0.215 e. The third kappa shape index (κ3) is 5.61. The SMILES string of the molecule is COc1cc2c(cc1Oc1ccnc(N(C=O)CCC3CCCN3)c1)nc(Nc1ccc(Br)c(C)c1)n2C. The van der Waals surface area contributed by atoms with Crippen molar-refractivity contribution in [2.75, 3.05) is 30.4 Å². The number of carbonyl (C=O) groups excluding carboxylic acids is 1. The highest BCUT2D eigenvalue weighted by Gasteiger charge is 2.18. The molecule has 9 nitrogen and oxygen atoms in total. The lowest BCUT2D eigenvalue weighted by molar-refractivity contribution is -0.107. The molecular weight excluding hydrogens is 548 g/mol. The first-order valence-corrected chi connectivity index (χ1v) is 13.4. The van der Waals surface area contributed by atoms with Crippen LogP contribution in [-0.4, -0.2) is 47.2 Å². The highest BCUT2D eigenvalue weighted by molar-refractivity contribution is 9.10. The second-order valence-corrected chi connectivity index (χ2v) is 10.3. The van der Waals surface area contributed by atoms with E-state index in [9.17, 15) is 4.79 Å². The number of fused-ring (bicyclic) bond motifs is 1. The van der Waals surface area contributed by atoms with E-state index in [1.807, 2.05) is 42.8 Å². The number of methoxy groups -OCH3 is 1. The number of anilines is 3. The van der Waals surface area contributed by atoms with Crippen LogP contribution in [0.15, 0.2) is 53.1 Å². The Balaban J connectivity index is 1.38. The molecule has 1 aliphatic rings. The van der Waals surface area contributed by atoms with Crippen molar-refractivity contribution in [1.29, 1.82) is 0 Å². The van der Waals surface area contributed by atoms with Gasteiger partial charge < -0.3 is 24.7 Å². The summed E-state index contributed by atoms with van der Waals surface area (Å²) >= 11 is 3.54. The Morgan fingerprint density at radius 3 is 2.84 bits per heavy atom. The summed E-state index contributed by atoms with van der Waals surface area (Å²) in [5.41, 5.74) is 3.73. The van der Waals surface area contributed by atoms with E-state index in [4.69, 9.17) is 14.5 Å². The summed E-state index contributed by atoms with van der Waals surface area (Å²) in [6, 6.07) is 13.8. The summed E-state index contributed by atoms with van der Waals surface area (Å²) in [5.74, 6) is 2.90. The molecule has 5 rings (SSSR count). The van der Waals surface area contributed by atoms with Gasteiger partial charge in [-0.1, -0.05) is 15.9 Å². The topological polar surface area (TPSA) is 93.5 Å². The minimum Gasteiger partial charge on any atom is -0.493 e. The number of ether oxygens (including phenoxy) is 2. The average molecular weight is 579 g/mol. The van der Waals surface area contributed by atoms with E-state index in [0.29, 0.717) is 41.6 Å². The summed E-state index contributed by atoms with van der Waals surface area (Å²) in [5, 5.41) is 6.86. The number of nitrogens with one attached hydrogen (secondary N) is 2. The Kier molecular flexibility index (Phi) is 7.80. The number of hydrogen-bond acceptors (Lipinski definition) is 7. The maximum atomic E-state index is 11.8. The van der Waals surface area contributed by atoms with Crippen LogP contribution in [0.25, 0.3) is 11.0 Å². The van der Waals surface area contributed by atoms with Crippen molar-refractivity contribution in [3.05, 3.63) is 58.7 Å². The van der Waals surface area contributed by atoms with Crippen molar-refractivity contribution in [2.45, 2.75) is 32.2 Å². The fourth-order valence-corrected chi connectivity index (χ4v) is 4.92. The molecule has 1 atom stereocenters. The van der Waals surface area contributed by atoms with Gasteiger partial charge >= 0.3 is 0 Å². The summed E-state index contributed by atoms with van der Waals surface area (Å²) in [7, 11) is 3.56. The fourth-order valence-electron chi connectivity index (χ4n) is 4.67. The Hall–Kier alpha value is -3.63. The fraction of sp³-hybridized carbons (Fsp3) is 0.321. The monoisotopic (exact) mass is 578 g/mol. The first kappa shape index (κ1) is 26.0. The lowest BCUT2D eigenvalue weighted by Crippen LogP contribution is -2.30. The van der Waals surface area contributed by atoms with E-state index in [1.165, 1.54) is 6.42 Å². The highest BCUT2D eigenvalue weighted by Crippen LogP contribution is 2.37. The molecule has 2 aromatic carbocycles. The van der Waals surface area contributed by atoms with Gasteiger partial charge in [0.1, 0.15) is 11.6 Å². The maximum Gasteiger partial charge on any atom is 0.215 e. The molecule has 0 spiro atoms. The van der Waals surface area contributed by atoms with Crippen molar-refractivity contribution in [1.82, 2.24) is 19.9 Å². The number of imidazole rings is 1. The molecule has 198 valence electrons. The van der Waals surface area contributed by atoms with Gasteiger partial charge in [0.05, 0.1) is 18.1 Å². The van der Waals surface area contributed by atoms with E-state index in [0.717, 1.165) is 52.6 Å². The van der Waals surface area contributed by atoms with Crippen molar-refractivity contribution >= 4 is 50.8 Å². The minimum absolute atomic E-state index is 0.443. The number of nitrogens with zero attached hydrogens (tertiary/aromatic N) is 4. The van der Waals surface area contributed by atoms with Gasteiger partial charge in [-0.3, -0.25) is 9.69 Å². The largest absolute Gasteiger partial charge is 0.493 e. The number of benzene rings is 2. The molecule has 1 fully saturated rings. The van der Waals surface area contributed by atoms with E-state index in [1.54, 1.807) is 30.3 Å². The van der Waals surface area contributed by atoms with Gasteiger partial charge in [-0.2, -0.15) is 0 Å². The Labute approximate surface area is 230 Å². The van der Waals surface area contributed by atoms with Gasteiger partial charge in [-0.25, -0.2) is 9.97 Å². The lowest BCUT2D eigenvalue weighted by Gasteiger charge is -2.19. The molecule has 0 aliphatic carbocycles. The predicted molar refractivity (Wildman–Crippen MR) is 153 cm³/mol. The van der Waals surface area contributed by atoms with Crippen molar-refractivity contribution in [3.8, 4) is 17.2 Å². The van der Waals surface area contributed by atoms with Gasteiger partial charge in [0.2, 0.25) is 12.4 Å². The minimum atomic E-state index is 0.443. The Bertz CT molecular complexity index is 1450. The molecule has 4 aromatic rings. The summed E-state index contributed by atoms with van der Waals surface area (Å²) in [6.45, 7) is 3.68. The number of halogens is 1. The molecule has 0 bridgehead atoms. The molecule has 1 aliphatic heterocycles. The summed E-state index contributed by atoms with van der Waals surface area (Å²) in [6.07, 6.45) is 5.66. The number of amides is 1. The molecule has 0 radical (unpaired) electrons. The van der Waals surface area contributed by atoms with Crippen LogP contribution in [0.4, 0.5) is 17.5 Å². The molecule has 2 aromatic heterocycles. The first-order valence-electron chi connectivity index (χ1n) is 12.6. The Morgan fingerprint density at radius 2 is 2.11 bits per heavy atom. The summed E-state index contributed by atoms with van der Waals surface area (Å²) < 4.78 is 14.9. The normalized spacial score (nSPS) is 15.0. The molecule has 2 N–H and O–H groups in total. The molecule has 1 unspecified atom stereocenters. The van der Waals surface area contributed by atoms with Gasteiger partial charge in [0.25, 0.3) is 0 Å². The molecule has 10 heteroatoms. The average Bonchev–Trinajstić information content (AvgIpc) is 3.54. The molecule has 38 heavy (non-hydrogen) atoms. The second-order valence-electron chi connectivity index (χ2n) is 9.41.